The van der Waals surface area contributed by atoms with Crippen molar-refractivity contribution in [1.82, 2.24) is 0 Å². The summed E-state index contributed by atoms with van der Waals surface area (Å²) in [5.41, 5.74) is 1.01. The molecular formula is C14H11ClF2O. The van der Waals surface area contributed by atoms with Gasteiger partial charge in [-0.05, 0) is 18.6 Å². The molecule has 0 saturated carbocycles. The fourth-order valence-corrected chi connectivity index (χ4v) is 2.01. The van der Waals surface area contributed by atoms with Crippen LogP contribution in [0.15, 0.2) is 36.4 Å². The normalized spacial score (nSPS) is 12.5. The van der Waals surface area contributed by atoms with E-state index in [1.807, 2.05) is 0 Å². The fraction of sp³-hybridized carbons (Fsp3) is 0.143. The lowest BCUT2D eigenvalue weighted by Gasteiger charge is -2.15. The van der Waals surface area contributed by atoms with Gasteiger partial charge in [0.25, 0.3) is 0 Å². The zero-order valence-electron chi connectivity index (χ0n) is 9.62. The molecule has 0 saturated heterocycles. The SMILES string of the molecule is Cc1cccc(C(O)c2cccc(F)c2F)c1Cl. The van der Waals surface area contributed by atoms with Gasteiger partial charge in [0.05, 0.1) is 0 Å². The van der Waals surface area contributed by atoms with Gasteiger partial charge in [0, 0.05) is 16.1 Å². The lowest BCUT2D eigenvalue weighted by Crippen LogP contribution is -2.05. The van der Waals surface area contributed by atoms with Gasteiger partial charge in [0.1, 0.15) is 6.10 Å². The molecule has 0 radical (unpaired) electrons. The predicted octanol–water partition coefficient (Wildman–Crippen LogP) is 4.01. The maximum absolute atomic E-state index is 13.6. The topological polar surface area (TPSA) is 20.2 Å². The molecule has 18 heavy (non-hydrogen) atoms. The molecule has 1 atom stereocenters. The first-order valence-electron chi connectivity index (χ1n) is 5.39. The first kappa shape index (κ1) is 13.0. The number of halogens is 3. The highest BCUT2D eigenvalue weighted by Gasteiger charge is 2.20. The number of hydrogen-bond donors (Lipinski definition) is 1. The molecule has 4 heteroatoms. The summed E-state index contributed by atoms with van der Waals surface area (Å²) in [6.07, 6.45) is -1.28. The van der Waals surface area contributed by atoms with Crippen LogP contribution in [0.2, 0.25) is 5.02 Å². The quantitative estimate of drug-likeness (QED) is 0.873. The smallest absolute Gasteiger partial charge is 0.164 e. The number of aryl methyl sites for hydroxylation is 1. The van der Waals surface area contributed by atoms with Gasteiger partial charge in [-0.25, -0.2) is 8.78 Å². The average molecular weight is 269 g/mol. The van der Waals surface area contributed by atoms with Crippen LogP contribution < -0.4 is 0 Å². The van der Waals surface area contributed by atoms with Gasteiger partial charge in [0.2, 0.25) is 0 Å². The molecule has 1 N–H and O–H groups in total. The molecule has 2 rings (SSSR count). The first-order valence-corrected chi connectivity index (χ1v) is 5.77. The van der Waals surface area contributed by atoms with E-state index in [0.717, 1.165) is 11.6 Å². The molecule has 2 aromatic carbocycles. The van der Waals surface area contributed by atoms with Crippen molar-refractivity contribution >= 4 is 11.6 Å². The standard InChI is InChI=1S/C14H11ClF2O/c1-8-4-2-5-9(12(8)15)14(18)10-6-3-7-11(16)13(10)17/h2-7,14,18H,1H3. The summed E-state index contributed by atoms with van der Waals surface area (Å²) >= 11 is 6.05. The van der Waals surface area contributed by atoms with E-state index in [4.69, 9.17) is 11.6 Å². The fourth-order valence-electron chi connectivity index (χ4n) is 1.78. The zero-order chi connectivity index (χ0) is 13.3. The third kappa shape index (κ3) is 2.24. The summed E-state index contributed by atoms with van der Waals surface area (Å²) in [6.45, 7) is 1.78. The Morgan fingerprint density at radius 3 is 2.39 bits per heavy atom. The highest BCUT2D eigenvalue weighted by atomic mass is 35.5. The summed E-state index contributed by atoms with van der Waals surface area (Å²) in [5, 5.41) is 10.5. The van der Waals surface area contributed by atoms with E-state index in [1.54, 1.807) is 25.1 Å². The zero-order valence-corrected chi connectivity index (χ0v) is 10.4. The Kier molecular flexibility index (Phi) is 3.64. The van der Waals surface area contributed by atoms with E-state index in [1.165, 1.54) is 12.1 Å². The van der Waals surface area contributed by atoms with Gasteiger partial charge in [-0.2, -0.15) is 0 Å². The van der Waals surface area contributed by atoms with Crippen LogP contribution >= 0.6 is 11.6 Å². The van der Waals surface area contributed by atoms with Crippen LogP contribution in [0.25, 0.3) is 0 Å². The van der Waals surface area contributed by atoms with E-state index in [9.17, 15) is 13.9 Å². The Morgan fingerprint density at radius 1 is 1.06 bits per heavy atom. The first-order chi connectivity index (χ1) is 8.52. The van der Waals surface area contributed by atoms with Crippen molar-refractivity contribution in [2.75, 3.05) is 0 Å². The maximum atomic E-state index is 13.6. The van der Waals surface area contributed by atoms with E-state index in [0.29, 0.717) is 10.6 Å². The van der Waals surface area contributed by atoms with Crippen molar-refractivity contribution < 1.29 is 13.9 Å². The minimum Gasteiger partial charge on any atom is -0.383 e. The number of hydrogen-bond acceptors (Lipinski definition) is 1. The van der Waals surface area contributed by atoms with Crippen LogP contribution in [0.4, 0.5) is 8.78 Å². The van der Waals surface area contributed by atoms with Crippen molar-refractivity contribution in [2.45, 2.75) is 13.0 Å². The minimum absolute atomic E-state index is 0.123. The van der Waals surface area contributed by atoms with Crippen molar-refractivity contribution in [2.24, 2.45) is 0 Å². The molecule has 1 nitrogen and oxygen atoms in total. The Labute approximate surface area is 109 Å². The molecule has 0 aliphatic rings. The molecular weight excluding hydrogens is 258 g/mol. The molecule has 0 fully saturated rings. The minimum atomic E-state index is -1.28. The van der Waals surface area contributed by atoms with Gasteiger partial charge >= 0.3 is 0 Å². The molecule has 0 amide bonds. The van der Waals surface area contributed by atoms with Gasteiger partial charge < -0.3 is 5.11 Å². The van der Waals surface area contributed by atoms with Crippen LogP contribution in [0.5, 0.6) is 0 Å². The number of aliphatic hydroxyl groups is 1. The van der Waals surface area contributed by atoms with Crippen molar-refractivity contribution in [1.29, 1.82) is 0 Å². The average Bonchev–Trinajstić information content (AvgIpc) is 2.35. The third-order valence-corrected chi connectivity index (χ3v) is 3.31. The van der Waals surface area contributed by atoms with Crippen LogP contribution in [0.1, 0.15) is 22.8 Å². The summed E-state index contributed by atoms with van der Waals surface area (Å²) in [5.74, 6) is -2.04. The lowest BCUT2D eigenvalue weighted by molar-refractivity contribution is 0.213. The number of aliphatic hydroxyl groups excluding tert-OH is 1. The van der Waals surface area contributed by atoms with Crippen molar-refractivity contribution in [3.8, 4) is 0 Å². The van der Waals surface area contributed by atoms with Gasteiger partial charge in [-0.1, -0.05) is 41.9 Å². The number of rotatable bonds is 2. The Balaban J connectivity index is 2.51. The Hall–Kier alpha value is -1.45. The highest BCUT2D eigenvalue weighted by Crippen LogP contribution is 2.31. The second-order valence-electron chi connectivity index (χ2n) is 4.02. The maximum Gasteiger partial charge on any atom is 0.164 e. The summed E-state index contributed by atoms with van der Waals surface area (Å²) in [7, 11) is 0. The van der Waals surface area contributed by atoms with Gasteiger partial charge in [-0.15, -0.1) is 0 Å². The summed E-state index contributed by atoms with van der Waals surface area (Å²) < 4.78 is 26.7. The summed E-state index contributed by atoms with van der Waals surface area (Å²) in [4.78, 5) is 0. The van der Waals surface area contributed by atoms with Crippen LogP contribution in [0, 0.1) is 18.6 Å². The molecule has 1 unspecified atom stereocenters. The lowest BCUT2D eigenvalue weighted by atomic mass is 9.99. The molecule has 0 heterocycles. The molecule has 0 aromatic heterocycles. The van der Waals surface area contributed by atoms with Crippen LogP contribution in [-0.4, -0.2) is 5.11 Å². The van der Waals surface area contributed by atoms with E-state index in [-0.39, 0.29) is 5.56 Å². The molecule has 0 aliphatic carbocycles. The Bertz CT molecular complexity index is 533. The van der Waals surface area contributed by atoms with Gasteiger partial charge in [-0.3, -0.25) is 0 Å². The Morgan fingerprint density at radius 2 is 1.67 bits per heavy atom. The van der Waals surface area contributed by atoms with Gasteiger partial charge in [0.15, 0.2) is 11.6 Å². The number of benzene rings is 2. The van der Waals surface area contributed by atoms with E-state index < -0.39 is 17.7 Å². The van der Waals surface area contributed by atoms with E-state index in [2.05, 4.69) is 0 Å². The molecule has 0 spiro atoms. The molecule has 0 aliphatic heterocycles. The molecule has 94 valence electrons. The second kappa shape index (κ2) is 5.04. The van der Waals surface area contributed by atoms with Crippen LogP contribution in [0.3, 0.4) is 0 Å². The highest BCUT2D eigenvalue weighted by molar-refractivity contribution is 6.32. The third-order valence-electron chi connectivity index (χ3n) is 2.79. The second-order valence-corrected chi connectivity index (χ2v) is 4.40. The molecule has 2 aromatic rings. The van der Waals surface area contributed by atoms with Crippen LogP contribution in [-0.2, 0) is 0 Å². The van der Waals surface area contributed by atoms with E-state index >= 15 is 0 Å². The molecule has 0 bridgehead atoms. The predicted molar refractivity (Wildman–Crippen MR) is 66.6 cm³/mol. The largest absolute Gasteiger partial charge is 0.383 e. The monoisotopic (exact) mass is 268 g/mol. The van der Waals surface area contributed by atoms with Crippen molar-refractivity contribution in [3.63, 3.8) is 0 Å². The van der Waals surface area contributed by atoms with Crippen molar-refractivity contribution in [3.05, 3.63) is 69.7 Å². The summed E-state index contributed by atoms with van der Waals surface area (Å²) in [6, 6.07) is 8.76.